The summed E-state index contributed by atoms with van der Waals surface area (Å²) >= 11 is 0. The maximum atomic E-state index is 14.0. The predicted octanol–water partition coefficient (Wildman–Crippen LogP) is 3.26. The number of rotatable bonds is 3. The largest absolute Gasteiger partial charge is 0.481 e. The lowest BCUT2D eigenvalue weighted by atomic mass is 9.68. The second-order valence-corrected chi connectivity index (χ2v) is 11.6. The number of carboxylic acid groups (broad SMARTS) is 1. The molecule has 3 aliphatic heterocycles. The summed E-state index contributed by atoms with van der Waals surface area (Å²) in [5, 5.41) is 14.4. The molecule has 6 rings (SSSR count). The van der Waals surface area contributed by atoms with Crippen molar-refractivity contribution in [1.29, 1.82) is 0 Å². The molecule has 0 aromatic carbocycles. The van der Waals surface area contributed by atoms with Gasteiger partial charge in [0.25, 0.3) is 5.91 Å². The molecule has 36 heavy (non-hydrogen) atoms. The third-order valence-corrected chi connectivity index (χ3v) is 8.35. The number of aromatic nitrogens is 3. The van der Waals surface area contributed by atoms with E-state index in [-0.39, 0.29) is 29.8 Å². The molecule has 1 spiro atoms. The fraction of sp³-hybridized carbons (Fsp3) is 0.654. The number of ether oxygens (including phenoxy) is 2. The summed E-state index contributed by atoms with van der Waals surface area (Å²) in [5.74, 6) is -0.109. The quantitative estimate of drug-likeness (QED) is 0.676. The molecule has 2 fully saturated rings. The summed E-state index contributed by atoms with van der Waals surface area (Å²) in [6, 6.07) is 0. The number of carbonyl (C=O) groups is 3. The van der Waals surface area contributed by atoms with Gasteiger partial charge in [-0.3, -0.25) is 9.59 Å². The topological polar surface area (TPSA) is 124 Å². The molecule has 1 aromatic rings. The number of piperidine rings is 1. The van der Waals surface area contributed by atoms with E-state index in [4.69, 9.17) is 14.5 Å². The maximum absolute atomic E-state index is 14.0. The van der Waals surface area contributed by atoms with Gasteiger partial charge in [-0.1, -0.05) is 6.08 Å². The van der Waals surface area contributed by atoms with E-state index in [9.17, 15) is 19.5 Å². The Morgan fingerprint density at radius 1 is 1.28 bits per heavy atom. The van der Waals surface area contributed by atoms with E-state index < -0.39 is 17.5 Å². The molecule has 1 saturated carbocycles. The first-order valence-corrected chi connectivity index (χ1v) is 12.8. The Balaban J connectivity index is 1.34. The van der Waals surface area contributed by atoms with Crippen LogP contribution in [0.15, 0.2) is 17.2 Å². The zero-order valence-corrected chi connectivity index (χ0v) is 21.0. The van der Waals surface area contributed by atoms with Crippen molar-refractivity contribution in [3.63, 3.8) is 0 Å². The molecule has 10 heteroatoms. The number of carbonyl (C=O) groups excluding carboxylic acids is 2. The molecule has 0 radical (unpaired) electrons. The van der Waals surface area contributed by atoms with Crippen LogP contribution in [0, 0.1) is 17.3 Å². The van der Waals surface area contributed by atoms with E-state index in [1.54, 1.807) is 4.90 Å². The van der Waals surface area contributed by atoms with Gasteiger partial charge in [0.05, 0.1) is 25.6 Å². The van der Waals surface area contributed by atoms with Gasteiger partial charge in [-0.25, -0.2) is 9.78 Å². The van der Waals surface area contributed by atoms with Gasteiger partial charge in [-0.15, -0.1) is 5.10 Å². The summed E-state index contributed by atoms with van der Waals surface area (Å²) in [5.41, 5.74) is 1.71. The Bertz CT molecular complexity index is 1210. The number of amides is 1. The van der Waals surface area contributed by atoms with Gasteiger partial charge < -0.3 is 19.5 Å². The molecule has 1 N–H and O–H groups in total. The van der Waals surface area contributed by atoms with Crippen molar-refractivity contribution in [2.45, 2.75) is 64.4 Å². The van der Waals surface area contributed by atoms with Crippen molar-refractivity contribution in [3.05, 3.63) is 28.9 Å². The minimum atomic E-state index is -0.916. The SMILES string of the molecule is CC(C)(C)OC(=O)N1CCC2(CC1)C1=C(C(CC(=O)O)c3nc(C4=CCOCC4)nn3C1=O)C1CC12. The van der Waals surface area contributed by atoms with Gasteiger partial charge in [0.2, 0.25) is 0 Å². The van der Waals surface area contributed by atoms with Gasteiger partial charge >= 0.3 is 12.1 Å². The van der Waals surface area contributed by atoms with Crippen molar-refractivity contribution < 1.29 is 29.0 Å². The molecule has 0 bridgehead atoms. The Hall–Kier alpha value is -3.01. The van der Waals surface area contributed by atoms with Crippen LogP contribution in [0.25, 0.3) is 5.57 Å². The summed E-state index contributed by atoms with van der Waals surface area (Å²) < 4.78 is 12.3. The van der Waals surface area contributed by atoms with Gasteiger partial charge in [0, 0.05) is 24.1 Å². The number of aliphatic carboxylic acids is 1. The normalized spacial score (nSPS) is 28.4. The highest BCUT2D eigenvalue weighted by atomic mass is 16.6. The summed E-state index contributed by atoms with van der Waals surface area (Å²) in [6.07, 6.45) is 4.42. The molecule has 3 atom stereocenters. The zero-order chi connectivity index (χ0) is 25.4. The van der Waals surface area contributed by atoms with Crippen LogP contribution < -0.4 is 0 Å². The van der Waals surface area contributed by atoms with Crippen LogP contribution in [0.2, 0.25) is 0 Å². The van der Waals surface area contributed by atoms with Crippen molar-refractivity contribution in [2.24, 2.45) is 17.3 Å². The lowest BCUT2D eigenvalue weighted by molar-refractivity contribution is -0.137. The van der Waals surface area contributed by atoms with E-state index in [0.717, 1.165) is 23.1 Å². The number of allylic oxidation sites excluding steroid dienone is 2. The molecular formula is C26H32N4O6. The van der Waals surface area contributed by atoms with E-state index in [1.807, 2.05) is 26.8 Å². The lowest BCUT2D eigenvalue weighted by Crippen LogP contribution is -2.48. The highest BCUT2D eigenvalue weighted by Crippen LogP contribution is 2.71. The molecule has 3 unspecified atom stereocenters. The second kappa shape index (κ2) is 7.99. The maximum Gasteiger partial charge on any atom is 0.410 e. The summed E-state index contributed by atoms with van der Waals surface area (Å²) in [4.78, 5) is 45.0. The Morgan fingerprint density at radius 3 is 2.67 bits per heavy atom. The molecular weight excluding hydrogens is 464 g/mol. The van der Waals surface area contributed by atoms with Crippen LogP contribution in [-0.2, 0) is 14.3 Å². The van der Waals surface area contributed by atoms with Crippen molar-refractivity contribution in [3.8, 4) is 0 Å². The summed E-state index contributed by atoms with van der Waals surface area (Å²) in [6.45, 7) is 7.61. The fourth-order valence-corrected chi connectivity index (χ4v) is 6.80. The number of carboxylic acids is 1. The molecule has 2 aliphatic carbocycles. The first kappa shape index (κ1) is 23.4. The molecule has 5 aliphatic rings. The van der Waals surface area contributed by atoms with Crippen molar-refractivity contribution in [2.75, 3.05) is 26.3 Å². The van der Waals surface area contributed by atoms with Crippen molar-refractivity contribution >= 4 is 23.5 Å². The Labute approximate surface area is 209 Å². The molecule has 1 amide bonds. The summed E-state index contributed by atoms with van der Waals surface area (Å²) in [7, 11) is 0. The third kappa shape index (κ3) is 3.60. The monoisotopic (exact) mass is 496 g/mol. The van der Waals surface area contributed by atoms with E-state index in [2.05, 4.69) is 5.10 Å². The van der Waals surface area contributed by atoms with Crippen LogP contribution in [-0.4, -0.2) is 74.6 Å². The first-order chi connectivity index (χ1) is 17.1. The molecule has 1 aromatic heterocycles. The highest BCUT2D eigenvalue weighted by Gasteiger charge is 2.67. The third-order valence-electron chi connectivity index (χ3n) is 8.35. The Kier molecular flexibility index (Phi) is 5.19. The van der Waals surface area contributed by atoms with Crippen LogP contribution >= 0.6 is 0 Å². The fourth-order valence-electron chi connectivity index (χ4n) is 6.80. The number of likely N-dealkylation sites (tertiary alicyclic amines) is 1. The molecule has 192 valence electrons. The van der Waals surface area contributed by atoms with Crippen LogP contribution in [0.1, 0.15) is 75.2 Å². The first-order valence-electron chi connectivity index (χ1n) is 12.8. The average molecular weight is 497 g/mol. The average Bonchev–Trinajstić information content (AvgIpc) is 3.41. The second-order valence-electron chi connectivity index (χ2n) is 11.6. The number of hydrogen-bond donors (Lipinski definition) is 1. The van der Waals surface area contributed by atoms with Crippen LogP contribution in [0.3, 0.4) is 0 Å². The van der Waals surface area contributed by atoms with E-state index >= 15 is 0 Å². The minimum absolute atomic E-state index is 0.115. The number of fused-ring (bicyclic) bond motifs is 5. The van der Waals surface area contributed by atoms with E-state index in [0.29, 0.717) is 63.1 Å². The smallest absolute Gasteiger partial charge is 0.410 e. The molecule has 1 saturated heterocycles. The standard InChI is InChI=1S/C26H32N4O6/c1-25(2,3)36-24(34)29-8-6-26(7-9-29)17-12-15(17)19-16(13-18(31)32)22-27-21(14-4-10-35-11-5-14)28-30(22)23(33)20(19)26/h4,15-17H,5-13H2,1-3H3,(H,31,32). The van der Waals surface area contributed by atoms with Gasteiger partial charge in [0.15, 0.2) is 5.82 Å². The van der Waals surface area contributed by atoms with Gasteiger partial charge in [-0.05, 0) is 69.4 Å². The molecule has 10 nitrogen and oxygen atoms in total. The van der Waals surface area contributed by atoms with Crippen molar-refractivity contribution in [1.82, 2.24) is 19.7 Å². The van der Waals surface area contributed by atoms with Crippen LogP contribution in [0.4, 0.5) is 4.79 Å². The number of nitrogens with zero attached hydrogens (tertiary/aromatic N) is 4. The minimum Gasteiger partial charge on any atom is -0.481 e. The Morgan fingerprint density at radius 2 is 2.03 bits per heavy atom. The van der Waals surface area contributed by atoms with Gasteiger partial charge in [-0.2, -0.15) is 4.68 Å². The van der Waals surface area contributed by atoms with Gasteiger partial charge in [0.1, 0.15) is 11.4 Å². The molecule has 4 heterocycles. The van der Waals surface area contributed by atoms with Crippen LogP contribution in [0.5, 0.6) is 0 Å². The lowest BCUT2D eigenvalue weighted by Gasteiger charge is -2.43. The van der Waals surface area contributed by atoms with E-state index in [1.165, 1.54) is 4.68 Å². The highest BCUT2D eigenvalue weighted by molar-refractivity contribution is 6.00. The predicted molar refractivity (Wildman–Crippen MR) is 127 cm³/mol. The zero-order valence-electron chi connectivity index (χ0n) is 21.0. The number of hydrogen-bond acceptors (Lipinski definition) is 7.